The highest BCUT2D eigenvalue weighted by molar-refractivity contribution is 6.30. The Kier molecular flexibility index (Phi) is 7.70. The second-order valence-electron chi connectivity index (χ2n) is 8.08. The Balaban J connectivity index is 1.76. The summed E-state index contributed by atoms with van der Waals surface area (Å²) in [5, 5.41) is 9.93. The number of aryl methyl sites for hydroxylation is 2. The topological polar surface area (TPSA) is 111 Å². The molecule has 0 saturated heterocycles. The summed E-state index contributed by atoms with van der Waals surface area (Å²) in [4.78, 5) is 32.0. The lowest BCUT2D eigenvalue weighted by Crippen LogP contribution is -2.29. The Hall–Kier alpha value is -3.40. The Morgan fingerprint density at radius 1 is 1.14 bits per heavy atom. The number of aliphatic hydroxyl groups is 1. The SMILES string of the molecule is CCc1cccc(OC(Cc2nc3c(c(=O)[nH]c(=O)n3C)n2Cc2ccc(Cl)cc2)OCCO)c1. The van der Waals surface area contributed by atoms with Crippen LogP contribution in [-0.2, 0) is 31.2 Å². The third-order valence-corrected chi connectivity index (χ3v) is 5.91. The van der Waals surface area contributed by atoms with Crippen molar-refractivity contribution < 1.29 is 14.6 Å². The van der Waals surface area contributed by atoms with Gasteiger partial charge in [0.05, 0.1) is 19.6 Å². The molecule has 10 heteroatoms. The van der Waals surface area contributed by atoms with Crippen LogP contribution in [0.3, 0.4) is 0 Å². The van der Waals surface area contributed by atoms with E-state index >= 15 is 0 Å². The largest absolute Gasteiger partial charge is 0.464 e. The molecule has 2 N–H and O–H groups in total. The first-order valence-corrected chi connectivity index (χ1v) is 11.7. The van der Waals surface area contributed by atoms with Gasteiger partial charge < -0.3 is 19.1 Å². The standard InChI is InChI=1S/C25H27ClN4O5/c1-3-16-5-4-6-19(13-16)35-21(34-12-11-31)14-20-27-23-22(24(32)28-25(33)29(23)2)30(20)15-17-7-9-18(26)10-8-17/h4-10,13,21,31H,3,11-12,14-15H2,1-2H3,(H,28,32,33). The molecule has 0 radical (unpaired) electrons. The van der Waals surface area contributed by atoms with Crippen molar-refractivity contribution in [1.29, 1.82) is 0 Å². The van der Waals surface area contributed by atoms with Crippen LogP contribution in [0.4, 0.5) is 0 Å². The van der Waals surface area contributed by atoms with Gasteiger partial charge in [0, 0.05) is 18.6 Å². The average Bonchev–Trinajstić information content (AvgIpc) is 3.21. The van der Waals surface area contributed by atoms with Crippen molar-refractivity contribution >= 4 is 22.8 Å². The van der Waals surface area contributed by atoms with Crippen LogP contribution < -0.4 is 16.0 Å². The molecule has 4 rings (SSSR count). The van der Waals surface area contributed by atoms with Crippen LogP contribution >= 0.6 is 11.6 Å². The van der Waals surface area contributed by atoms with Gasteiger partial charge in [-0.05, 0) is 41.8 Å². The number of hydrogen-bond acceptors (Lipinski definition) is 6. The van der Waals surface area contributed by atoms with E-state index in [0.29, 0.717) is 23.1 Å². The summed E-state index contributed by atoms with van der Waals surface area (Å²) in [6, 6.07) is 14.9. The zero-order valence-corrected chi connectivity index (χ0v) is 20.3. The maximum absolute atomic E-state index is 12.8. The molecular formula is C25H27ClN4O5. The van der Waals surface area contributed by atoms with E-state index in [1.165, 1.54) is 4.57 Å². The van der Waals surface area contributed by atoms with E-state index in [4.69, 9.17) is 21.1 Å². The average molecular weight is 499 g/mol. The monoisotopic (exact) mass is 498 g/mol. The molecular weight excluding hydrogens is 472 g/mol. The van der Waals surface area contributed by atoms with E-state index in [1.54, 1.807) is 23.7 Å². The lowest BCUT2D eigenvalue weighted by molar-refractivity contribution is -0.0889. The smallest absolute Gasteiger partial charge is 0.329 e. The minimum Gasteiger partial charge on any atom is -0.464 e. The van der Waals surface area contributed by atoms with E-state index in [1.807, 2.05) is 36.4 Å². The predicted octanol–water partition coefficient (Wildman–Crippen LogP) is 2.64. The number of imidazole rings is 1. The van der Waals surface area contributed by atoms with Gasteiger partial charge in [-0.2, -0.15) is 0 Å². The molecule has 1 atom stereocenters. The second-order valence-corrected chi connectivity index (χ2v) is 8.51. The van der Waals surface area contributed by atoms with Crippen LogP contribution in [0.25, 0.3) is 11.2 Å². The van der Waals surface area contributed by atoms with Crippen molar-refractivity contribution in [2.45, 2.75) is 32.6 Å². The maximum atomic E-state index is 12.8. The second kappa shape index (κ2) is 10.9. The molecule has 2 heterocycles. The molecule has 0 amide bonds. The van der Waals surface area contributed by atoms with Gasteiger partial charge in [-0.1, -0.05) is 42.8 Å². The number of aliphatic hydroxyl groups excluding tert-OH is 1. The van der Waals surface area contributed by atoms with Crippen molar-refractivity contribution in [3.63, 3.8) is 0 Å². The van der Waals surface area contributed by atoms with Crippen LogP contribution in [0, 0.1) is 0 Å². The van der Waals surface area contributed by atoms with Gasteiger partial charge in [0.15, 0.2) is 11.2 Å². The highest BCUT2D eigenvalue weighted by atomic mass is 35.5. The Bertz CT molecular complexity index is 1420. The van der Waals surface area contributed by atoms with Crippen LogP contribution in [0.1, 0.15) is 23.9 Å². The number of hydrogen-bond donors (Lipinski definition) is 2. The molecule has 0 saturated carbocycles. The van der Waals surface area contributed by atoms with Crippen molar-refractivity contribution in [3.8, 4) is 5.75 Å². The van der Waals surface area contributed by atoms with E-state index < -0.39 is 17.5 Å². The Morgan fingerprint density at radius 2 is 1.91 bits per heavy atom. The number of aromatic amines is 1. The number of rotatable bonds is 10. The van der Waals surface area contributed by atoms with Crippen molar-refractivity contribution in [1.82, 2.24) is 19.1 Å². The number of aromatic nitrogens is 4. The lowest BCUT2D eigenvalue weighted by atomic mass is 10.2. The summed E-state index contributed by atoms with van der Waals surface area (Å²) >= 11 is 6.03. The third-order valence-electron chi connectivity index (χ3n) is 5.66. The molecule has 2 aromatic carbocycles. The minimum atomic E-state index is -0.786. The molecule has 9 nitrogen and oxygen atoms in total. The van der Waals surface area contributed by atoms with Gasteiger partial charge in [0.1, 0.15) is 11.6 Å². The molecule has 0 bridgehead atoms. The quantitative estimate of drug-likeness (QED) is 0.325. The molecule has 0 aliphatic heterocycles. The summed E-state index contributed by atoms with van der Waals surface area (Å²) in [5.41, 5.74) is 1.46. The molecule has 0 aliphatic rings. The number of nitrogens with zero attached hydrogens (tertiary/aromatic N) is 3. The fourth-order valence-electron chi connectivity index (χ4n) is 3.84. The number of H-pyrrole nitrogens is 1. The van der Waals surface area contributed by atoms with Gasteiger partial charge in [0.2, 0.25) is 6.29 Å². The minimum absolute atomic E-state index is 0.0641. The molecule has 2 aromatic heterocycles. The molecule has 4 aromatic rings. The fraction of sp³-hybridized carbons (Fsp3) is 0.320. The van der Waals surface area contributed by atoms with Gasteiger partial charge in [-0.15, -0.1) is 0 Å². The zero-order valence-electron chi connectivity index (χ0n) is 19.5. The van der Waals surface area contributed by atoms with Gasteiger partial charge in [0.25, 0.3) is 5.56 Å². The van der Waals surface area contributed by atoms with E-state index in [-0.39, 0.29) is 30.8 Å². The van der Waals surface area contributed by atoms with Crippen molar-refractivity contribution in [3.05, 3.63) is 91.3 Å². The Morgan fingerprint density at radius 3 is 2.63 bits per heavy atom. The summed E-state index contributed by atoms with van der Waals surface area (Å²) in [6.45, 7) is 2.26. The van der Waals surface area contributed by atoms with Crippen LogP contribution in [0.2, 0.25) is 5.02 Å². The van der Waals surface area contributed by atoms with Crippen LogP contribution in [0.15, 0.2) is 58.1 Å². The number of ether oxygens (including phenoxy) is 2. The molecule has 0 spiro atoms. The fourth-order valence-corrected chi connectivity index (χ4v) is 3.96. The first kappa shape index (κ1) is 24.7. The molecule has 0 fully saturated rings. The summed E-state index contributed by atoms with van der Waals surface area (Å²) in [5.74, 6) is 1.12. The number of nitrogens with one attached hydrogen (secondary N) is 1. The predicted molar refractivity (Wildman–Crippen MR) is 133 cm³/mol. The number of fused-ring (bicyclic) bond motifs is 1. The van der Waals surface area contributed by atoms with E-state index in [0.717, 1.165) is 17.5 Å². The molecule has 1 unspecified atom stereocenters. The third kappa shape index (κ3) is 5.64. The molecule has 0 aliphatic carbocycles. The van der Waals surface area contributed by atoms with Crippen LogP contribution in [-0.4, -0.2) is 43.7 Å². The summed E-state index contributed by atoms with van der Waals surface area (Å²) in [6.07, 6.45) is 0.241. The highest BCUT2D eigenvalue weighted by Gasteiger charge is 2.22. The number of benzene rings is 2. The number of halogens is 1. The first-order valence-electron chi connectivity index (χ1n) is 11.3. The molecule has 184 valence electrons. The van der Waals surface area contributed by atoms with Gasteiger partial charge in [-0.25, -0.2) is 9.78 Å². The van der Waals surface area contributed by atoms with Crippen molar-refractivity contribution in [2.24, 2.45) is 7.05 Å². The molecule has 35 heavy (non-hydrogen) atoms. The van der Waals surface area contributed by atoms with Crippen molar-refractivity contribution in [2.75, 3.05) is 13.2 Å². The van der Waals surface area contributed by atoms with Crippen LogP contribution in [0.5, 0.6) is 5.75 Å². The lowest BCUT2D eigenvalue weighted by Gasteiger charge is -2.20. The zero-order chi connectivity index (χ0) is 24.9. The first-order chi connectivity index (χ1) is 16.9. The van der Waals surface area contributed by atoms with E-state index in [9.17, 15) is 14.7 Å². The maximum Gasteiger partial charge on any atom is 0.329 e. The van der Waals surface area contributed by atoms with E-state index in [2.05, 4.69) is 16.9 Å². The summed E-state index contributed by atoms with van der Waals surface area (Å²) < 4.78 is 14.9. The Labute approximate surface area is 206 Å². The highest BCUT2D eigenvalue weighted by Crippen LogP contribution is 2.21. The summed E-state index contributed by atoms with van der Waals surface area (Å²) in [7, 11) is 1.55. The van der Waals surface area contributed by atoms with Gasteiger partial charge in [-0.3, -0.25) is 14.3 Å². The van der Waals surface area contributed by atoms with Gasteiger partial charge >= 0.3 is 5.69 Å². The normalized spacial score (nSPS) is 12.2.